The number of allylic oxidation sites excluding steroid dienone is 4. The van der Waals surface area contributed by atoms with E-state index in [1.54, 1.807) is 21.1 Å². The highest BCUT2D eigenvalue weighted by Gasteiger charge is 2.09. The minimum atomic E-state index is 0.0591. The second-order valence-electron chi connectivity index (χ2n) is 6.19. The van der Waals surface area contributed by atoms with E-state index in [1.165, 1.54) is 11.8 Å². The number of rotatable bonds is 3. The molecule has 0 saturated heterocycles. The first-order chi connectivity index (χ1) is 14.1. The summed E-state index contributed by atoms with van der Waals surface area (Å²) < 4.78 is 11.0. The summed E-state index contributed by atoms with van der Waals surface area (Å²) in [5.41, 5.74) is 2.33. The average Bonchev–Trinajstić information content (AvgIpc) is 3.24. The van der Waals surface area contributed by atoms with Gasteiger partial charge in [0.15, 0.2) is 5.12 Å². The molecule has 3 rings (SSSR count). The van der Waals surface area contributed by atoms with E-state index in [1.807, 2.05) is 60.7 Å². The molecular formula is C25H20O3S. The van der Waals surface area contributed by atoms with Crippen LogP contribution < -0.4 is 9.47 Å². The third-order valence-corrected chi connectivity index (χ3v) is 4.90. The van der Waals surface area contributed by atoms with Crippen molar-refractivity contribution in [2.24, 2.45) is 5.92 Å². The molecule has 0 aromatic heterocycles. The molecule has 144 valence electrons. The summed E-state index contributed by atoms with van der Waals surface area (Å²) >= 11 is 1.20. The third-order valence-electron chi connectivity index (χ3n) is 4.10. The van der Waals surface area contributed by atoms with Gasteiger partial charge in [-0.15, -0.1) is 0 Å². The monoisotopic (exact) mass is 400 g/mol. The summed E-state index contributed by atoms with van der Waals surface area (Å²) in [6.45, 7) is 1.55. The van der Waals surface area contributed by atoms with Crippen molar-refractivity contribution in [3.05, 3.63) is 77.4 Å². The molecule has 1 aliphatic carbocycles. The van der Waals surface area contributed by atoms with Gasteiger partial charge in [-0.3, -0.25) is 4.79 Å². The Bertz CT molecular complexity index is 1080. The maximum Gasteiger partial charge on any atom is 0.190 e. The van der Waals surface area contributed by atoms with Crippen molar-refractivity contribution in [2.75, 3.05) is 14.2 Å². The minimum absolute atomic E-state index is 0.0591. The zero-order chi connectivity index (χ0) is 20.6. The standard InChI is InChI=1S/C25H20O3S/c1-18(26)29-23-14-10-20(11-15-23)9-13-22-17-24(27-2)21(16-25(22)28-3)12-8-19-6-4-5-7-19/h4-7,10-11,14-17,19H,1-3H3. The lowest BCUT2D eigenvalue weighted by Crippen LogP contribution is -1.95. The van der Waals surface area contributed by atoms with E-state index in [0.29, 0.717) is 11.5 Å². The molecule has 2 aromatic carbocycles. The minimum Gasteiger partial charge on any atom is -0.495 e. The topological polar surface area (TPSA) is 35.5 Å². The van der Waals surface area contributed by atoms with Crippen molar-refractivity contribution >= 4 is 16.9 Å². The van der Waals surface area contributed by atoms with Crippen LogP contribution in [-0.4, -0.2) is 19.3 Å². The second-order valence-corrected chi connectivity index (χ2v) is 7.44. The van der Waals surface area contributed by atoms with Gasteiger partial charge in [0, 0.05) is 29.5 Å². The molecule has 0 aliphatic heterocycles. The van der Waals surface area contributed by atoms with E-state index in [0.717, 1.165) is 21.6 Å². The van der Waals surface area contributed by atoms with Gasteiger partial charge in [-0.05, 0) is 24.3 Å². The fourth-order valence-electron chi connectivity index (χ4n) is 2.69. The van der Waals surface area contributed by atoms with E-state index in [-0.39, 0.29) is 11.0 Å². The van der Waals surface area contributed by atoms with Crippen LogP contribution in [0.5, 0.6) is 11.5 Å². The zero-order valence-corrected chi connectivity index (χ0v) is 17.3. The van der Waals surface area contributed by atoms with E-state index in [9.17, 15) is 4.79 Å². The predicted octanol–water partition coefficient (Wildman–Crippen LogP) is 4.84. The molecule has 0 spiro atoms. The molecule has 4 heteroatoms. The van der Waals surface area contributed by atoms with Crippen molar-refractivity contribution in [2.45, 2.75) is 11.8 Å². The molecule has 2 aromatic rings. The lowest BCUT2D eigenvalue weighted by molar-refractivity contribution is -0.109. The molecule has 0 atom stereocenters. The first-order valence-electron chi connectivity index (χ1n) is 9.02. The Hall–Kier alpha value is -3.34. The van der Waals surface area contributed by atoms with Crippen molar-refractivity contribution in [3.63, 3.8) is 0 Å². The molecule has 0 bridgehead atoms. The fraction of sp³-hybridized carbons (Fsp3) is 0.160. The quantitative estimate of drug-likeness (QED) is 0.546. The Morgan fingerprint density at radius 1 is 0.897 bits per heavy atom. The van der Waals surface area contributed by atoms with Crippen molar-refractivity contribution in [1.29, 1.82) is 0 Å². The summed E-state index contributed by atoms with van der Waals surface area (Å²) in [5.74, 6) is 14.1. The number of carbonyl (C=O) groups excluding carboxylic acids is 1. The molecule has 3 nitrogen and oxygen atoms in total. The average molecular weight is 400 g/mol. The summed E-state index contributed by atoms with van der Waals surface area (Å²) in [6, 6.07) is 11.3. The first kappa shape index (κ1) is 20.4. The lowest BCUT2D eigenvalue weighted by Gasteiger charge is -2.09. The van der Waals surface area contributed by atoms with Crippen LogP contribution in [0.25, 0.3) is 0 Å². The smallest absolute Gasteiger partial charge is 0.190 e. The molecule has 0 saturated carbocycles. The number of benzene rings is 2. The van der Waals surface area contributed by atoms with Crippen LogP contribution in [0.15, 0.2) is 65.6 Å². The van der Waals surface area contributed by atoms with Crippen LogP contribution in [-0.2, 0) is 4.79 Å². The first-order valence-corrected chi connectivity index (χ1v) is 9.84. The second kappa shape index (κ2) is 9.73. The normalized spacial score (nSPS) is 12.0. The number of hydrogen-bond donors (Lipinski definition) is 0. The highest BCUT2D eigenvalue weighted by molar-refractivity contribution is 8.13. The Morgan fingerprint density at radius 3 is 2.03 bits per heavy atom. The number of methoxy groups -OCH3 is 2. The van der Waals surface area contributed by atoms with Gasteiger partial charge >= 0.3 is 0 Å². The van der Waals surface area contributed by atoms with Crippen LogP contribution in [0.3, 0.4) is 0 Å². The summed E-state index contributed by atoms with van der Waals surface area (Å²) in [6.07, 6.45) is 8.05. The summed E-state index contributed by atoms with van der Waals surface area (Å²) in [5, 5.41) is 0.0591. The molecule has 0 unspecified atom stereocenters. The van der Waals surface area contributed by atoms with Gasteiger partial charge < -0.3 is 9.47 Å². The number of thioether (sulfide) groups is 1. The van der Waals surface area contributed by atoms with Gasteiger partial charge in [-0.2, -0.15) is 0 Å². The van der Waals surface area contributed by atoms with E-state index in [4.69, 9.17) is 9.47 Å². The Labute approximate surface area is 175 Å². The fourth-order valence-corrected chi connectivity index (χ4v) is 3.30. The van der Waals surface area contributed by atoms with Gasteiger partial charge in [0.2, 0.25) is 0 Å². The molecule has 0 N–H and O–H groups in total. The Morgan fingerprint density at radius 2 is 1.48 bits per heavy atom. The lowest BCUT2D eigenvalue weighted by atomic mass is 10.1. The third kappa shape index (κ3) is 5.57. The van der Waals surface area contributed by atoms with E-state index in [2.05, 4.69) is 23.7 Å². The molecule has 0 heterocycles. The van der Waals surface area contributed by atoms with Crippen LogP contribution >= 0.6 is 11.8 Å². The molecule has 0 fully saturated rings. The van der Waals surface area contributed by atoms with Gasteiger partial charge in [0.25, 0.3) is 0 Å². The van der Waals surface area contributed by atoms with Crippen LogP contribution in [0, 0.1) is 29.6 Å². The summed E-state index contributed by atoms with van der Waals surface area (Å²) in [7, 11) is 3.23. The van der Waals surface area contributed by atoms with Crippen LogP contribution in [0.2, 0.25) is 0 Å². The molecule has 29 heavy (non-hydrogen) atoms. The number of hydrogen-bond acceptors (Lipinski definition) is 4. The van der Waals surface area contributed by atoms with Gasteiger partial charge in [0.1, 0.15) is 11.5 Å². The number of carbonyl (C=O) groups is 1. The Kier molecular flexibility index (Phi) is 6.85. The SMILES string of the molecule is COc1cc(C#CC2C=CC=C2)c(OC)cc1C#Cc1ccc(SC(C)=O)cc1. The van der Waals surface area contributed by atoms with Crippen LogP contribution in [0.1, 0.15) is 23.6 Å². The zero-order valence-electron chi connectivity index (χ0n) is 16.5. The predicted molar refractivity (Wildman–Crippen MR) is 117 cm³/mol. The number of ether oxygens (including phenoxy) is 2. The van der Waals surface area contributed by atoms with Crippen LogP contribution in [0.4, 0.5) is 0 Å². The maximum atomic E-state index is 11.2. The highest BCUT2D eigenvalue weighted by Crippen LogP contribution is 2.28. The Balaban J connectivity index is 1.88. The molecule has 1 aliphatic rings. The van der Waals surface area contributed by atoms with Gasteiger partial charge in [-0.25, -0.2) is 0 Å². The van der Waals surface area contributed by atoms with Crippen molar-refractivity contribution in [3.8, 4) is 35.2 Å². The van der Waals surface area contributed by atoms with E-state index >= 15 is 0 Å². The largest absolute Gasteiger partial charge is 0.495 e. The molecule has 0 radical (unpaired) electrons. The van der Waals surface area contributed by atoms with Crippen molar-refractivity contribution < 1.29 is 14.3 Å². The highest BCUT2D eigenvalue weighted by atomic mass is 32.2. The molecule has 0 amide bonds. The van der Waals surface area contributed by atoms with Crippen molar-refractivity contribution in [1.82, 2.24) is 0 Å². The van der Waals surface area contributed by atoms with Gasteiger partial charge in [0.05, 0.1) is 31.3 Å². The molecular weight excluding hydrogens is 380 g/mol. The van der Waals surface area contributed by atoms with E-state index < -0.39 is 0 Å². The maximum absolute atomic E-state index is 11.2. The van der Waals surface area contributed by atoms with Gasteiger partial charge in [-0.1, -0.05) is 59.7 Å². The summed E-state index contributed by atoms with van der Waals surface area (Å²) in [4.78, 5) is 12.1.